The maximum atomic E-state index is 4.81. The molecule has 0 aromatic heterocycles. The summed E-state index contributed by atoms with van der Waals surface area (Å²) in [5, 5.41) is 0. The van der Waals surface area contributed by atoms with Crippen molar-refractivity contribution in [3.05, 3.63) is 0 Å². The van der Waals surface area contributed by atoms with Crippen molar-refractivity contribution in [1.29, 1.82) is 0 Å². The van der Waals surface area contributed by atoms with E-state index in [1.165, 1.54) is 0 Å². The normalized spacial score (nSPS) is 7.71. The molecule has 0 aliphatic heterocycles. The van der Waals surface area contributed by atoms with E-state index in [1.54, 1.807) is 0 Å². The molecule has 0 rings (SSSR count). The summed E-state index contributed by atoms with van der Waals surface area (Å²) < 4.78 is 0.125. The second kappa shape index (κ2) is 10.7. The monoisotopic (exact) mass is 290 g/mol. The molecule has 0 N–H and O–H groups in total. The van der Waals surface area contributed by atoms with Crippen LogP contribution in [0.4, 0.5) is 0 Å². The van der Waals surface area contributed by atoms with Crippen LogP contribution in [-0.4, -0.2) is 8.53 Å². The first-order valence-corrected chi connectivity index (χ1v) is 4.74. The van der Waals surface area contributed by atoms with Crippen molar-refractivity contribution in [2.45, 2.75) is 4.30 Å². The predicted molar refractivity (Wildman–Crippen MR) is 44.1 cm³/mol. The predicted octanol–water partition coefficient (Wildman–Crippen LogP) is 3.72. The minimum atomic E-state index is -0.750. The Balaban J connectivity index is 0. The van der Waals surface area contributed by atoms with E-state index in [9.17, 15) is 0 Å². The molecule has 0 aliphatic carbocycles. The van der Waals surface area contributed by atoms with E-state index < -0.39 is 4.30 Å². The van der Waals surface area contributed by atoms with Crippen molar-refractivity contribution in [2.24, 2.45) is 0 Å². The molecule has 0 atom stereocenters. The van der Waals surface area contributed by atoms with Crippen LogP contribution in [0.25, 0.3) is 0 Å². The summed E-state index contributed by atoms with van der Waals surface area (Å²) in [6.45, 7) is 0. The largest absolute Gasteiger partial charge is 0.180 e. The average Bonchev–Trinajstić information content (AvgIpc) is 1.33. The Morgan fingerprint density at radius 3 is 1.14 bits per heavy atom. The fourth-order valence-corrected chi connectivity index (χ4v) is 0. The lowest BCUT2D eigenvalue weighted by molar-refractivity contribution is 1.96. The molecule has 0 aliphatic rings. The van der Waals surface area contributed by atoms with Crippen LogP contribution in [0, 0.1) is 0 Å². The summed E-state index contributed by atoms with van der Waals surface area (Å²) in [5.41, 5.74) is 0. The highest BCUT2D eigenvalue weighted by atomic mass is 79.9. The molecule has 0 bridgehead atoms. The Morgan fingerprint density at radius 2 is 1.14 bits per heavy atom. The van der Waals surface area contributed by atoms with Crippen molar-refractivity contribution < 1.29 is 0 Å². The lowest BCUT2D eigenvalue weighted by atomic mass is 11.9. The maximum Gasteiger partial charge on any atom is 0.180 e. The van der Waals surface area contributed by atoms with Crippen LogP contribution in [0.1, 0.15) is 0 Å². The van der Waals surface area contributed by atoms with Crippen molar-refractivity contribution in [2.75, 3.05) is 4.24 Å². The number of halogens is 5. The molecule has 0 amide bonds. The van der Waals surface area contributed by atoms with E-state index in [0.29, 0.717) is 0 Å². The Labute approximate surface area is 74.8 Å². The number of rotatable bonds is 0. The quantitative estimate of drug-likeness (QED) is 0.597. The molecule has 0 radical (unpaired) electrons. The topological polar surface area (TPSA) is 0 Å². The minimum absolute atomic E-state index is 0.750. The third-order valence-corrected chi connectivity index (χ3v) is 0. The van der Waals surface area contributed by atoms with Gasteiger partial charge < -0.3 is 0 Å². The molecule has 0 heterocycles. The lowest BCUT2D eigenvalue weighted by Gasteiger charge is -1.69. The van der Waals surface area contributed by atoms with Crippen LogP contribution in [0.15, 0.2) is 0 Å². The summed E-state index contributed by atoms with van der Waals surface area (Å²) in [7, 11) is 0. The van der Waals surface area contributed by atoms with Crippen molar-refractivity contribution in [3.8, 4) is 0 Å². The summed E-state index contributed by atoms with van der Waals surface area (Å²) >= 11 is 20.5. The standard InChI is InChI=1S/CH2Br2.CHCl3/c2-1-3;2-1(3)4/h1H2;1H. The fourth-order valence-electron chi connectivity index (χ4n) is 0. The highest BCUT2D eigenvalue weighted by Gasteiger charge is 1.78. The summed E-state index contributed by atoms with van der Waals surface area (Å²) in [6, 6.07) is 0. The van der Waals surface area contributed by atoms with Gasteiger partial charge in [0.05, 0.1) is 4.24 Å². The first-order valence-electron chi connectivity index (χ1n) is 1.19. The van der Waals surface area contributed by atoms with E-state index in [-0.39, 0.29) is 0 Å². The maximum absolute atomic E-state index is 4.81. The molecule has 0 aromatic rings. The summed E-state index contributed by atoms with van der Waals surface area (Å²) in [4.78, 5) is 0. The molecule has 0 aromatic carbocycles. The van der Waals surface area contributed by atoms with Crippen LogP contribution < -0.4 is 0 Å². The molecular weight excluding hydrogens is 290 g/mol. The van der Waals surface area contributed by atoms with Gasteiger partial charge >= 0.3 is 0 Å². The zero-order valence-corrected chi connectivity index (χ0v) is 8.61. The van der Waals surface area contributed by atoms with E-state index in [1.807, 2.05) is 0 Å². The second-order valence-electron chi connectivity index (χ2n) is 0.348. The van der Waals surface area contributed by atoms with Gasteiger partial charge in [-0.15, -0.1) is 0 Å². The van der Waals surface area contributed by atoms with Crippen LogP contribution in [0.5, 0.6) is 0 Å². The van der Waals surface area contributed by atoms with E-state index in [4.69, 9.17) is 34.8 Å². The molecule has 7 heavy (non-hydrogen) atoms. The Kier molecular flexibility index (Phi) is 17.8. The highest BCUT2D eigenvalue weighted by Crippen LogP contribution is 2.03. The van der Waals surface area contributed by atoms with Crippen LogP contribution >= 0.6 is 66.7 Å². The van der Waals surface area contributed by atoms with E-state index in [0.717, 1.165) is 4.24 Å². The zero-order chi connectivity index (χ0) is 6.28. The highest BCUT2D eigenvalue weighted by molar-refractivity contribution is 9.24. The second-order valence-corrected chi connectivity index (χ2v) is 4.95. The lowest BCUT2D eigenvalue weighted by Crippen LogP contribution is -1.55. The molecule has 5 heteroatoms. The van der Waals surface area contributed by atoms with Gasteiger partial charge in [0.15, 0.2) is 4.30 Å². The van der Waals surface area contributed by atoms with Gasteiger partial charge in [-0.25, -0.2) is 0 Å². The SMILES string of the molecule is BrCBr.ClC(Cl)Cl. The third kappa shape index (κ3) is 79.5. The van der Waals surface area contributed by atoms with Gasteiger partial charge in [0.25, 0.3) is 0 Å². The molecule has 0 saturated carbocycles. The Morgan fingerprint density at radius 1 is 1.14 bits per heavy atom. The fraction of sp³-hybridized carbons (Fsp3) is 1.00. The smallest absolute Gasteiger partial charge is 0.0874 e. The summed E-state index contributed by atoms with van der Waals surface area (Å²) in [6.07, 6.45) is 0. The molecule has 46 valence electrons. The molecule has 0 saturated heterocycles. The van der Waals surface area contributed by atoms with Crippen LogP contribution in [0.3, 0.4) is 0 Å². The van der Waals surface area contributed by atoms with Gasteiger partial charge in [-0.3, -0.25) is 0 Å². The molecule has 0 fully saturated rings. The molecule has 0 nitrogen and oxygen atoms in total. The first-order chi connectivity index (χ1) is 3.15. The van der Waals surface area contributed by atoms with Crippen molar-refractivity contribution >= 4 is 66.7 Å². The van der Waals surface area contributed by atoms with Gasteiger partial charge in [-0.2, -0.15) is 0 Å². The van der Waals surface area contributed by atoms with Crippen LogP contribution in [-0.2, 0) is 0 Å². The van der Waals surface area contributed by atoms with Gasteiger partial charge in [-0.1, -0.05) is 66.7 Å². The van der Waals surface area contributed by atoms with Gasteiger partial charge in [0.1, 0.15) is 0 Å². The molecule has 0 unspecified atom stereocenters. The van der Waals surface area contributed by atoms with Gasteiger partial charge in [-0.05, 0) is 0 Å². The van der Waals surface area contributed by atoms with E-state index >= 15 is 0 Å². The Hall–Kier alpha value is 1.83. The number of alkyl halides is 5. The number of hydrogen-bond donors (Lipinski definition) is 0. The minimum Gasteiger partial charge on any atom is -0.0874 e. The first kappa shape index (κ1) is 11.6. The van der Waals surface area contributed by atoms with Gasteiger partial charge in [0.2, 0.25) is 0 Å². The zero-order valence-electron chi connectivity index (χ0n) is 3.17. The van der Waals surface area contributed by atoms with E-state index in [2.05, 4.69) is 31.9 Å². The van der Waals surface area contributed by atoms with Crippen molar-refractivity contribution in [1.82, 2.24) is 0 Å². The van der Waals surface area contributed by atoms with Crippen molar-refractivity contribution in [3.63, 3.8) is 0 Å². The molecule has 0 spiro atoms. The van der Waals surface area contributed by atoms with Crippen LogP contribution in [0.2, 0.25) is 0 Å². The summed E-state index contributed by atoms with van der Waals surface area (Å²) in [5.74, 6) is 0. The third-order valence-electron chi connectivity index (χ3n) is 0. The average molecular weight is 293 g/mol. The number of hydrogen-bond acceptors (Lipinski definition) is 0. The Bertz CT molecular complexity index is 22.1. The van der Waals surface area contributed by atoms with Gasteiger partial charge in [0, 0.05) is 0 Å². The molecular formula is C2H3Br2Cl3.